The lowest BCUT2D eigenvalue weighted by Gasteiger charge is -2.13. The van der Waals surface area contributed by atoms with Crippen LogP contribution in [0.4, 0.5) is 13.2 Å². The zero-order valence-electron chi connectivity index (χ0n) is 9.90. The number of nitrogens with one attached hydrogen (secondary N) is 1. The van der Waals surface area contributed by atoms with Crippen LogP contribution in [-0.4, -0.2) is 12.1 Å². The van der Waals surface area contributed by atoms with Gasteiger partial charge in [0.15, 0.2) is 0 Å². The molecule has 1 aromatic rings. The molecule has 0 aliphatic heterocycles. The Kier molecular flexibility index (Phi) is 3.80. The van der Waals surface area contributed by atoms with Gasteiger partial charge >= 0.3 is 12.1 Å². The van der Waals surface area contributed by atoms with Crippen LogP contribution in [0, 0.1) is 20.8 Å². The van der Waals surface area contributed by atoms with Crippen LogP contribution in [0.3, 0.4) is 0 Å². The topological polar surface area (TPSA) is 29.1 Å². The molecule has 1 aromatic carbocycles. The third kappa shape index (κ3) is 3.22. The van der Waals surface area contributed by atoms with E-state index in [1.165, 1.54) is 0 Å². The molecule has 0 aromatic heterocycles. The Bertz CT molecular complexity index is 438. The Morgan fingerprint density at radius 3 is 2.29 bits per heavy atom. The Balaban J connectivity index is 2.78. The number of benzene rings is 1. The summed E-state index contributed by atoms with van der Waals surface area (Å²) in [5.41, 5.74) is 3.72. The summed E-state index contributed by atoms with van der Waals surface area (Å²) in [6.07, 6.45) is -4.83. The third-order valence-corrected chi connectivity index (χ3v) is 2.87. The van der Waals surface area contributed by atoms with Gasteiger partial charge in [0.2, 0.25) is 0 Å². The number of amides is 1. The van der Waals surface area contributed by atoms with Crippen molar-refractivity contribution in [1.29, 1.82) is 0 Å². The maximum absolute atomic E-state index is 12.0. The standard InChI is InChI=1S/C12H14F3NO/c1-7-4-5-10(9(3)8(7)2)6-16-11(17)12(13,14)15/h4-5H,6H2,1-3H3,(H,16,17). The third-order valence-electron chi connectivity index (χ3n) is 2.87. The minimum absolute atomic E-state index is 0.106. The fourth-order valence-corrected chi connectivity index (χ4v) is 1.48. The predicted octanol–water partition coefficient (Wildman–Crippen LogP) is 2.79. The summed E-state index contributed by atoms with van der Waals surface area (Å²) in [6.45, 7) is 5.56. The van der Waals surface area contributed by atoms with Crippen molar-refractivity contribution >= 4 is 5.91 Å². The van der Waals surface area contributed by atoms with Crippen molar-refractivity contribution in [3.63, 3.8) is 0 Å². The molecular weight excluding hydrogens is 231 g/mol. The second kappa shape index (κ2) is 4.77. The number of carbonyl (C=O) groups excluding carboxylic acids is 1. The van der Waals surface area contributed by atoms with Crippen LogP contribution in [-0.2, 0) is 11.3 Å². The highest BCUT2D eigenvalue weighted by molar-refractivity contribution is 5.81. The monoisotopic (exact) mass is 245 g/mol. The maximum atomic E-state index is 12.0. The summed E-state index contributed by atoms with van der Waals surface area (Å²) >= 11 is 0. The van der Waals surface area contributed by atoms with Crippen molar-refractivity contribution in [3.8, 4) is 0 Å². The molecule has 0 aliphatic rings. The lowest BCUT2D eigenvalue weighted by Crippen LogP contribution is -2.36. The fourth-order valence-electron chi connectivity index (χ4n) is 1.48. The molecule has 0 aliphatic carbocycles. The van der Waals surface area contributed by atoms with Crippen molar-refractivity contribution in [2.45, 2.75) is 33.5 Å². The molecule has 0 spiro atoms. The van der Waals surface area contributed by atoms with Gasteiger partial charge in [0.05, 0.1) is 0 Å². The number of hydrogen-bond donors (Lipinski definition) is 1. The largest absolute Gasteiger partial charge is 0.471 e. The number of hydrogen-bond acceptors (Lipinski definition) is 1. The molecule has 0 bridgehead atoms. The van der Waals surface area contributed by atoms with Crippen LogP contribution < -0.4 is 5.32 Å². The molecule has 5 heteroatoms. The molecule has 0 radical (unpaired) electrons. The Morgan fingerprint density at radius 1 is 1.18 bits per heavy atom. The number of halogens is 3. The number of rotatable bonds is 2. The molecule has 0 saturated carbocycles. The molecule has 2 nitrogen and oxygen atoms in total. The molecule has 94 valence electrons. The molecular formula is C12H14F3NO. The average Bonchev–Trinajstić information content (AvgIpc) is 2.23. The molecule has 1 rings (SSSR count). The van der Waals surface area contributed by atoms with Gasteiger partial charge in [-0.2, -0.15) is 13.2 Å². The summed E-state index contributed by atoms with van der Waals surface area (Å²) in [6, 6.07) is 3.56. The van der Waals surface area contributed by atoms with Crippen LogP contribution in [0.15, 0.2) is 12.1 Å². The van der Waals surface area contributed by atoms with Gasteiger partial charge < -0.3 is 5.32 Å². The summed E-state index contributed by atoms with van der Waals surface area (Å²) in [5.74, 6) is -1.91. The van der Waals surface area contributed by atoms with E-state index >= 15 is 0 Å². The molecule has 0 atom stereocenters. The lowest BCUT2D eigenvalue weighted by atomic mass is 9.99. The van der Waals surface area contributed by atoms with E-state index in [9.17, 15) is 18.0 Å². The second-order valence-electron chi connectivity index (χ2n) is 3.97. The molecule has 0 unspecified atom stereocenters. The van der Waals surface area contributed by atoms with Crippen molar-refractivity contribution in [1.82, 2.24) is 5.32 Å². The Labute approximate surface area is 97.8 Å². The zero-order valence-corrected chi connectivity index (χ0v) is 9.90. The van der Waals surface area contributed by atoms with E-state index < -0.39 is 12.1 Å². The van der Waals surface area contributed by atoms with E-state index in [-0.39, 0.29) is 6.54 Å². The van der Waals surface area contributed by atoms with E-state index in [1.807, 2.05) is 32.2 Å². The summed E-state index contributed by atoms with van der Waals surface area (Å²) in [4.78, 5) is 10.7. The summed E-state index contributed by atoms with van der Waals surface area (Å²) in [5, 5.41) is 1.86. The smallest absolute Gasteiger partial charge is 0.344 e. The second-order valence-corrected chi connectivity index (χ2v) is 3.97. The Morgan fingerprint density at radius 2 is 1.76 bits per heavy atom. The van der Waals surface area contributed by atoms with E-state index in [4.69, 9.17) is 0 Å². The average molecular weight is 245 g/mol. The normalized spacial score (nSPS) is 11.4. The minimum atomic E-state index is -4.83. The van der Waals surface area contributed by atoms with E-state index in [0.29, 0.717) is 5.56 Å². The zero-order chi connectivity index (χ0) is 13.2. The SMILES string of the molecule is Cc1ccc(CNC(=O)C(F)(F)F)c(C)c1C. The number of aryl methyl sites for hydroxylation is 1. The maximum Gasteiger partial charge on any atom is 0.471 e. The first kappa shape index (κ1) is 13.5. The van der Waals surface area contributed by atoms with Crippen LogP contribution >= 0.6 is 0 Å². The van der Waals surface area contributed by atoms with Gasteiger partial charge in [-0.15, -0.1) is 0 Å². The van der Waals surface area contributed by atoms with Crippen LogP contribution in [0.2, 0.25) is 0 Å². The van der Waals surface area contributed by atoms with Gasteiger partial charge in [0.1, 0.15) is 0 Å². The molecule has 17 heavy (non-hydrogen) atoms. The van der Waals surface area contributed by atoms with Crippen molar-refractivity contribution in [2.24, 2.45) is 0 Å². The predicted molar refractivity (Wildman–Crippen MR) is 58.6 cm³/mol. The molecule has 1 N–H and O–H groups in total. The molecule has 0 saturated heterocycles. The van der Waals surface area contributed by atoms with Gasteiger partial charge in [-0.05, 0) is 43.0 Å². The minimum Gasteiger partial charge on any atom is -0.344 e. The highest BCUT2D eigenvalue weighted by Crippen LogP contribution is 2.18. The van der Waals surface area contributed by atoms with Crippen molar-refractivity contribution in [2.75, 3.05) is 0 Å². The first-order chi connectivity index (χ1) is 7.73. The van der Waals surface area contributed by atoms with Gasteiger partial charge in [-0.25, -0.2) is 0 Å². The van der Waals surface area contributed by atoms with Gasteiger partial charge in [-0.1, -0.05) is 12.1 Å². The molecule has 1 amide bonds. The van der Waals surface area contributed by atoms with Crippen LogP contribution in [0.5, 0.6) is 0 Å². The summed E-state index contributed by atoms with van der Waals surface area (Å²) in [7, 11) is 0. The molecule has 0 fully saturated rings. The van der Waals surface area contributed by atoms with E-state index in [2.05, 4.69) is 0 Å². The highest BCUT2D eigenvalue weighted by atomic mass is 19.4. The first-order valence-electron chi connectivity index (χ1n) is 5.14. The van der Waals surface area contributed by atoms with Gasteiger partial charge in [0, 0.05) is 6.54 Å². The van der Waals surface area contributed by atoms with E-state index in [0.717, 1.165) is 16.7 Å². The number of carbonyl (C=O) groups is 1. The van der Waals surface area contributed by atoms with Crippen molar-refractivity contribution in [3.05, 3.63) is 34.4 Å². The number of alkyl halides is 3. The molecule has 0 heterocycles. The quantitative estimate of drug-likeness (QED) is 0.852. The van der Waals surface area contributed by atoms with E-state index in [1.54, 1.807) is 6.07 Å². The summed E-state index contributed by atoms with van der Waals surface area (Å²) < 4.78 is 36.0. The Hall–Kier alpha value is -1.52. The van der Waals surface area contributed by atoms with Crippen LogP contribution in [0.1, 0.15) is 22.3 Å². The fraction of sp³-hybridized carbons (Fsp3) is 0.417. The van der Waals surface area contributed by atoms with Gasteiger partial charge in [0.25, 0.3) is 0 Å². The van der Waals surface area contributed by atoms with Crippen LogP contribution in [0.25, 0.3) is 0 Å². The first-order valence-corrected chi connectivity index (χ1v) is 5.14. The van der Waals surface area contributed by atoms with Gasteiger partial charge in [-0.3, -0.25) is 4.79 Å². The lowest BCUT2D eigenvalue weighted by molar-refractivity contribution is -0.173. The highest BCUT2D eigenvalue weighted by Gasteiger charge is 2.38. The van der Waals surface area contributed by atoms with Crippen molar-refractivity contribution < 1.29 is 18.0 Å².